The summed E-state index contributed by atoms with van der Waals surface area (Å²) in [5, 5.41) is 6.80. The zero-order valence-electron chi connectivity index (χ0n) is 20.9. The molecule has 1 aliphatic heterocycles. The highest BCUT2D eigenvalue weighted by molar-refractivity contribution is 6.00. The van der Waals surface area contributed by atoms with E-state index in [1.165, 1.54) is 0 Å². The SMILES string of the molecule is C[C@H]1C[C@@H]1Nc1nc(Nc2ccc(N3CCOCC3)cc2)c(C(N)=O)nc1-c1cccc2c1ncn2C. The maximum Gasteiger partial charge on any atom is 0.271 e. The Morgan fingerprint density at radius 2 is 1.84 bits per heavy atom. The van der Waals surface area contributed by atoms with E-state index in [0.29, 0.717) is 29.3 Å². The number of para-hydroxylation sites is 1. The Hall–Kier alpha value is -4.18. The number of aryl methyl sites for hydroxylation is 1. The van der Waals surface area contributed by atoms with Gasteiger partial charge >= 0.3 is 0 Å². The molecule has 2 atom stereocenters. The predicted molar refractivity (Wildman–Crippen MR) is 144 cm³/mol. The molecule has 2 aliphatic rings. The van der Waals surface area contributed by atoms with Gasteiger partial charge in [-0.15, -0.1) is 0 Å². The molecule has 6 rings (SSSR count). The van der Waals surface area contributed by atoms with E-state index in [-0.39, 0.29) is 5.69 Å². The average Bonchev–Trinajstić information content (AvgIpc) is 3.47. The van der Waals surface area contributed by atoms with E-state index in [9.17, 15) is 4.79 Å². The number of imidazole rings is 1. The van der Waals surface area contributed by atoms with E-state index < -0.39 is 5.91 Å². The quantitative estimate of drug-likeness (QED) is 0.354. The van der Waals surface area contributed by atoms with Gasteiger partial charge in [0.1, 0.15) is 5.69 Å². The van der Waals surface area contributed by atoms with E-state index in [4.69, 9.17) is 20.4 Å². The fraction of sp³-hybridized carbons (Fsp3) is 0.333. The van der Waals surface area contributed by atoms with Crippen molar-refractivity contribution in [3.63, 3.8) is 0 Å². The summed E-state index contributed by atoms with van der Waals surface area (Å²) in [6.07, 6.45) is 2.82. The Balaban J connectivity index is 1.39. The smallest absolute Gasteiger partial charge is 0.271 e. The number of nitrogens with one attached hydrogen (secondary N) is 2. The summed E-state index contributed by atoms with van der Waals surface area (Å²) in [5.74, 6) is 0.810. The molecular weight excluding hydrogens is 468 g/mol. The molecule has 10 nitrogen and oxygen atoms in total. The van der Waals surface area contributed by atoms with Crippen LogP contribution in [0.25, 0.3) is 22.3 Å². The highest BCUT2D eigenvalue weighted by Crippen LogP contribution is 2.38. The monoisotopic (exact) mass is 498 g/mol. The molecule has 2 fully saturated rings. The van der Waals surface area contributed by atoms with Crippen LogP contribution < -0.4 is 21.3 Å². The van der Waals surface area contributed by atoms with Crippen molar-refractivity contribution in [3.05, 3.63) is 54.5 Å². The topological polar surface area (TPSA) is 123 Å². The van der Waals surface area contributed by atoms with Gasteiger partial charge in [0.15, 0.2) is 17.3 Å². The molecule has 0 radical (unpaired) electrons. The van der Waals surface area contributed by atoms with E-state index in [0.717, 1.165) is 60.7 Å². The Labute approximate surface area is 214 Å². The van der Waals surface area contributed by atoms with Crippen LogP contribution in [0.5, 0.6) is 0 Å². The van der Waals surface area contributed by atoms with Crippen LogP contribution in [0.3, 0.4) is 0 Å². The molecule has 3 heterocycles. The molecule has 1 saturated heterocycles. The fourth-order valence-electron chi connectivity index (χ4n) is 4.74. The molecule has 1 aliphatic carbocycles. The lowest BCUT2D eigenvalue weighted by molar-refractivity contribution is 0.0996. The van der Waals surface area contributed by atoms with Gasteiger partial charge in [0, 0.05) is 43.1 Å². The molecular formula is C27H30N8O2. The first-order chi connectivity index (χ1) is 18.0. The van der Waals surface area contributed by atoms with Crippen molar-refractivity contribution in [2.24, 2.45) is 18.7 Å². The van der Waals surface area contributed by atoms with Crippen LogP contribution in [-0.2, 0) is 11.8 Å². The van der Waals surface area contributed by atoms with Crippen LogP contribution in [-0.4, -0.2) is 57.8 Å². The summed E-state index contributed by atoms with van der Waals surface area (Å²) in [7, 11) is 1.95. The standard InChI is InChI=1S/C27H30N8O2/c1-16-14-20(16)31-26-23(19-4-3-5-21-22(19)29-15-34(21)2)32-24(25(28)36)27(33-26)30-17-6-8-18(9-7-17)35-10-12-37-13-11-35/h3-9,15-16,20H,10-14H2,1-2H3,(H2,28,36)(H2,30,31,33)/t16-,20-/m0/s1. The van der Waals surface area contributed by atoms with E-state index in [1.807, 2.05) is 54.1 Å². The summed E-state index contributed by atoms with van der Waals surface area (Å²) < 4.78 is 7.40. The number of rotatable bonds is 7. The number of nitrogens with zero attached hydrogens (tertiary/aromatic N) is 5. The molecule has 2 aromatic heterocycles. The molecule has 4 N–H and O–H groups in total. The molecule has 2 aromatic carbocycles. The number of primary amides is 1. The maximum absolute atomic E-state index is 12.5. The van der Waals surface area contributed by atoms with Crippen LogP contribution in [0.1, 0.15) is 23.8 Å². The number of hydrogen-bond acceptors (Lipinski definition) is 8. The lowest BCUT2D eigenvalue weighted by atomic mass is 10.1. The first-order valence-electron chi connectivity index (χ1n) is 12.6. The van der Waals surface area contributed by atoms with Crippen molar-refractivity contribution in [3.8, 4) is 11.3 Å². The summed E-state index contributed by atoms with van der Waals surface area (Å²) >= 11 is 0. The van der Waals surface area contributed by atoms with Crippen molar-refractivity contribution in [2.75, 3.05) is 41.8 Å². The third kappa shape index (κ3) is 4.55. The highest BCUT2D eigenvalue weighted by atomic mass is 16.5. The first kappa shape index (κ1) is 23.2. The minimum Gasteiger partial charge on any atom is -0.378 e. The summed E-state index contributed by atoms with van der Waals surface area (Å²) in [6.45, 7) is 5.38. The number of benzene rings is 2. The van der Waals surface area contributed by atoms with E-state index in [2.05, 4.69) is 27.4 Å². The van der Waals surface area contributed by atoms with Gasteiger partial charge < -0.3 is 30.6 Å². The van der Waals surface area contributed by atoms with Crippen LogP contribution in [0, 0.1) is 5.92 Å². The van der Waals surface area contributed by atoms with Gasteiger partial charge in [-0.25, -0.2) is 15.0 Å². The van der Waals surface area contributed by atoms with Gasteiger partial charge in [0.2, 0.25) is 0 Å². The number of fused-ring (bicyclic) bond motifs is 1. The second-order valence-corrected chi connectivity index (χ2v) is 9.75. The third-order valence-electron chi connectivity index (χ3n) is 7.08. The number of aromatic nitrogens is 4. The molecule has 1 amide bonds. The lowest BCUT2D eigenvalue weighted by Crippen LogP contribution is -2.36. The van der Waals surface area contributed by atoms with Gasteiger partial charge in [-0.05, 0) is 42.7 Å². The minimum atomic E-state index is -0.652. The molecule has 10 heteroatoms. The van der Waals surface area contributed by atoms with Crippen LogP contribution in [0.15, 0.2) is 48.8 Å². The fourth-order valence-corrected chi connectivity index (χ4v) is 4.74. The van der Waals surface area contributed by atoms with E-state index in [1.54, 1.807) is 6.33 Å². The van der Waals surface area contributed by atoms with Crippen molar-refractivity contribution in [1.29, 1.82) is 0 Å². The summed E-state index contributed by atoms with van der Waals surface area (Å²) in [6, 6.07) is 14.2. The predicted octanol–water partition coefficient (Wildman–Crippen LogP) is 3.53. The molecule has 0 bridgehead atoms. The zero-order valence-corrected chi connectivity index (χ0v) is 20.9. The number of amides is 1. The number of carbonyl (C=O) groups is 1. The molecule has 190 valence electrons. The number of nitrogens with two attached hydrogens (primary N) is 1. The Kier molecular flexibility index (Phi) is 5.88. The van der Waals surface area contributed by atoms with Gasteiger partial charge in [-0.1, -0.05) is 19.1 Å². The van der Waals surface area contributed by atoms with Crippen molar-refractivity contribution in [2.45, 2.75) is 19.4 Å². The van der Waals surface area contributed by atoms with Gasteiger partial charge in [-0.2, -0.15) is 0 Å². The van der Waals surface area contributed by atoms with Gasteiger partial charge in [-0.3, -0.25) is 4.79 Å². The number of ether oxygens (including phenoxy) is 1. The van der Waals surface area contributed by atoms with Crippen molar-refractivity contribution in [1.82, 2.24) is 19.5 Å². The number of carbonyl (C=O) groups excluding carboxylic acids is 1. The third-order valence-corrected chi connectivity index (χ3v) is 7.08. The Bertz CT molecular complexity index is 1460. The van der Waals surface area contributed by atoms with Crippen LogP contribution in [0.4, 0.5) is 23.0 Å². The largest absolute Gasteiger partial charge is 0.378 e. The zero-order chi connectivity index (χ0) is 25.5. The van der Waals surface area contributed by atoms with Gasteiger partial charge in [0.05, 0.1) is 30.6 Å². The molecule has 0 unspecified atom stereocenters. The lowest BCUT2D eigenvalue weighted by Gasteiger charge is -2.29. The maximum atomic E-state index is 12.5. The normalized spacial score (nSPS) is 19.1. The van der Waals surface area contributed by atoms with Crippen LogP contribution in [0.2, 0.25) is 0 Å². The number of anilines is 4. The molecule has 4 aromatic rings. The second kappa shape index (κ2) is 9.36. The Morgan fingerprint density at radius 3 is 2.54 bits per heavy atom. The van der Waals surface area contributed by atoms with Gasteiger partial charge in [0.25, 0.3) is 5.91 Å². The Morgan fingerprint density at radius 1 is 1.08 bits per heavy atom. The average molecular weight is 499 g/mol. The minimum absolute atomic E-state index is 0.0783. The second-order valence-electron chi connectivity index (χ2n) is 9.75. The molecule has 0 spiro atoms. The first-order valence-corrected chi connectivity index (χ1v) is 12.6. The van der Waals surface area contributed by atoms with E-state index >= 15 is 0 Å². The highest BCUT2D eigenvalue weighted by Gasteiger charge is 2.34. The number of hydrogen-bond donors (Lipinski definition) is 3. The van der Waals surface area contributed by atoms with Crippen molar-refractivity contribution < 1.29 is 9.53 Å². The van der Waals surface area contributed by atoms with Crippen LogP contribution >= 0.6 is 0 Å². The molecule has 1 saturated carbocycles. The molecule has 37 heavy (non-hydrogen) atoms. The van der Waals surface area contributed by atoms with Crippen molar-refractivity contribution >= 4 is 40.0 Å². The summed E-state index contributed by atoms with van der Waals surface area (Å²) in [4.78, 5) is 29.0. The summed E-state index contributed by atoms with van der Waals surface area (Å²) in [5.41, 5.74) is 10.9. The number of morpholine rings is 1.